The Morgan fingerprint density at radius 1 is 0.379 bits per heavy atom. The quantitative estimate of drug-likeness (QED) is 0.416. The van der Waals surface area contributed by atoms with Gasteiger partial charge in [-0.15, -0.1) is 0 Å². The molecule has 4 rings (SSSR count). The first-order chi connectivity index (χ1) is 14.2. The zero-order valence-corrected chi connectivity index (χ0v) is 18.1. The molecule has 0 atom stereocenters. The normalized spacial score (nSPS) is 10.9. The Morgan fingerprint density at radius 3 is 0.724 bits per heavy atom. The summed E-state index contributed by atoms with van der Waals surface area (Å²) >= 11 is -3.65. The fraction of sp³-hybridized carbons (Fsp3) is 0. The molecule has 4 aromatic rings. The summed E-state index contributed by atoms with van der Waals surface area (Å²) in [5, 5.41) is 5.55. The summed E-state index contributed by atoms with van der Waals surface area (Å²) in [6.07, 6.45) is 0. The second kappa shape index (κ2) is 10.4. The summed E-state index contributed by atoms with van der Waals surface area (Å²) in [5.74, 6) is 0. The van der Waals surface area contributed by atoms with Crippen LogP contribution in [0, 0.1) is 14.8 Å². The maximum Gasteiger partial charge on any atom is 0.216 e. The van der Waals surface area contributed by atoms with Gasteiger partial charge in [0, 0.05) is 0 Å². The number of hydrogen-bond acceptors (Lipinski definition) is 3. The number of hydrogen-bond donors (Lipinski definition) is 0. The Labute approximate surface area is 177 Å². The average molecular weight is 467 g/mol. The van der Waals surface area contributed by atoms with Crippen LogP contribution in [0.4, 0.5) is 0 Å². The van der Waals surface area contributed by atoms with E-state index in [1.165, 1.54) is 21.2 Å². The molecule has 146 valence electrons. The SMILES string of the molecule is [O-][Br+2]([O-])[O-].c1ccc([P+](c2ccccc2)(c2ccccc2)c2ccccc2)cc1. The topological polar surface area (TPSA) is 69.2 Å². The molecular weight excluding hydrogens is 447 g/mol. The summed E-state index contributed by atoms with van der Waals surface area (Å²) in [5.41, 5.74) is 0. The molecular formula is C24H20BrO3P. The first kappa shape index (κ1) is 21.4. The molecule has 0 aliphatic heterocycles. The molecule has 0 amide bonds. The van der Waals surface area contributed by atoms with E-state index in [9.17, 15) is 0 Å². The van der Waals surface area contributed by atoms with Crippen molar-refractivity contribution in [3.8, 4) is 0 Å². The minimum Gasteiger partial charge on any atom is -0.405 e. The van der Waals surface area contributed by atoms with Crippen molar-refractivity contribution in [2.24, 2.45) is 0 Å². The lowest BCUT2D eigenvalue weighted by atomic mass is 10.3. The highest BCUT2D eigenvalue weighted by Crippen LogP contribution is 2.53. The van der Waals surface area contributed by atoms with E-state index in [-0.39, 0.29) is 0 Å². The van der Waals surface area contributed by atoms with Crippen LogP contribution >= 0.6 is 7.26 Å². The molecule has 0 unspecified atom stereocenters. The zero-order chi connectivity index (χ0) is 20.5. The molecule has 0 heterocycles. The maximum absolute atomic E-state index is 8.52. The van der Waals surface area contributed by atoms with Crippen LogP contribution < -0.4 is 33.8 Å². The predicted octanol–water partition coefficient (Wildman–Crippen LogP) is 0.739. The number of benzene rings is 4. The van der Waals surface area contributed by atoms with Crippen LogP contribution in [0.1, 0.15) is 0 Å². The van der Waals surface area contributed by atoms with E-state index < -0.39 is 22.1 Å². The van der Waals surface area contributed by atoms with Crippen molar-refractivity contribution in [3.63, 3.8) is 0 Å². The van der Waals surface area contributed by atoms with Gasteiger partial charge >= 0.3 is 0 Å². The highest BCUT2D eigenvalue weighted by atomic mass is 80.0. The van der Waals surface area contributed by atoms with Gasteiger partial charge in [0.25, 0.3) is 0 Å². The standard InChI is InChI=1S/C24H20P.BrO3/c1-5-13-21(14-6-1)25(22-15-7-2-8-16-22,23-17-9-3-10-18-23)24-19-11-4-12-20-24;2-1(3)4/h1-20H;/q+1;-1. The number of rotatable bonds is 4. The fourth-order valence-corrected chi connectivity index (χ4v) is 7.77. The monoisotopic (exact) mass is 466 g/mol. The maximum atomic E-state index is 8.52. The van der Waals surface area contributed by atoms with Gasteiger partial charge in [0.1, 0.15) is 28.5 Å². The van der Waals surface area contributed by atoms with Gasteiger partial charge in [0.2, 0.25) is 14.8 Å². The molecule has 0 N–H and O–H groups in total. The van der Waals surface area contributed by atoms with Gasteiger partial charge in [-0.2, -0.15) is 0 Å². The Bertz CT molecular complexity index is 815. The molecule has 5 heteroatoms. The molecule has 0 radical (unpaired) electrons. The van der Waals surface area contributed by atoms with Gasteiger partial charge < -0.3 is 12.6 Å². The van der Waals surface area contributed by atoms with Gasteiger partial charge in [-0.05, 0) is 48.5 Å². The third-order valence-electron chi connectivity index (χ3n) is 4.57. The lowest BCUT2D eigenvalue weighted by Gasteiger charge is -2.27. The molecule has 29 heavy (non-hydrogen) atoms. The van der Waals surface area contributed by atoms with Gasteiger partial charge in [0.05, 0.1) is 0 Å². The van der Waals surface area contributed by atoms with Crippen molar-refractivity contribution in [2.45, 2.75) is 0 Å². The van der Waals surface area contributed by atoms with Crippen LogP contribution in [0.3, 0.4) is 0 Å². The van der Waals surface area contributed by atoms with Gasteiger partial charge in [-0.3, -0.25) is 0 Å². The first-order valence-electron chi connectivity index (χ1n) is 9.00. The Kier molecular flexibility index (Phi) is 7.70. The van der Waals surface area contributed by atoms with Crippen LogP contribution in [0.2, 0.25) is 0 Å². The molecule has 3 nitrogen and oxygen atoms in total. The summed E-state index contributed by atoms with van der Waals surface area (Å²) in [6.45, 7) is 0. The molecule has 0 bridgehead atoms. The Morgan fingerprint density at radius 2 is 0.552 bits per heavy atom. The fourth-order valence-electron chi connectivity index (χ4n) is 3.50. The van der Waals surface area contributed by atoms with E-state index in [2.05, 4.69) is 121 Å². The molecule has 0 fully saturated rings. The van der Waals surface area contributed by atoms with E-state index in [1.54, 1.807) is 0 Å². The molecule has 0 saturated carbocycles. The highest BCUT2D eigenvalue weighted by Gasteiger charge is 2.47. The molecule has 4 aromatic carbocycles. The summed E-state index contributed by atoms with van der Waals surface area (Å²) in [7, 11) is -1.91. The minimum absolute atomic E-state index is 1.39. The summed E-state index contributed by atoms with van der Waals surface area (Å²) in [4.78, 5) is 0. The van der Waals surface area contributed by atoms with Crippen LogP contribution in [-0.4, -0.2) is 0 Å². The predicted molar refractivity (Wildman–Crippen MR) is 111 cm³/mol. The van der Waals surface area contributed by atoms with Crippen LogP contribution in [0.15, 0.2) is 121 Å². The zero-order valence-electron chi connectivity index (χ0n) is 15.6. The van der Waals surface area contributed by atoms with Crippen LogP contribution in [0.5, 0.6) is 0 Å². The molecule has 0 aliphatic rings. The third kappa shape index (κ3) is 4.99. The molecule has 0 saturated heterocycles. The van der Waals surface area contributed by atoms with E-state index in [0.29, 0.717) is 0 Å². The first-order valence-corrected chi connectivity index (χ1v) is 12.7. The average Bonchev–Trinajstić information content (AvgIpc) is 2.77. The Hall–Kier alpha value is -2.33. The molecule has 0 spiro atoms. The number of halogens is 1. The van der Waals surface area contributed by atoms with Crippen molar-refractivity contribution in [2.75, 3.05) is 0 Å². The summed E-state index contributed by atoms with van der Waals surface area (Å²) in [6, 6.07) is 43.8. The van der Waals surface area contributed by atoms with Crippen molar-refractivity contribution in [1.82, 2.24) is 0 Å². The van der Waals surface area contributed by atoms with Crippen LogP contribution in [-0.2, 0) is 0 Å². The van der Waals surface area contributed by atoms with Gasteiger partial charge in [-0.25, -0.2) is 0 Å². The second-order valence-electron chi connectivity index (χ2n) is 6.20. The van der Waals surface area contributed by atoms with Gasteiger partial charge in [0.15, 0.2) is 0 Å². The molecule has 0 aromatic heterocycles. The van der Waals surface area contributed by atoms with E-state index >= 15 is 0 Å². The minimum atomic E-state index is -3.65. The van der Waals surface area contributed by atoms with Crippen LogP contribution in [0.25, 0.3) is 0 Å². The Balaban J connectivity index is 0.000000552. The highest BCUT2D eigenvalue weighted by molar-refractivity contribution is 8.01. The lowest BCUT2D eigenvalue weighted by Crippen LogP contribution is -2.42. The van der Waals surface area contributed by atoms with Crippen molar-refractivity contribution < 1.29 is 27.4 Å². The van der Waals surface area contributed by atoms with Gasteiger partial charge in [-0.1, -0.05) is 72.8 Å². The van der Waals surface area contributed by atoms with Crippen molar-refractivity contribution in [1.29, 1.82) is 0 Å². The molecule has 0 aliphatic carbocycles. The largest absolute Gasteiger partial charge is 0.405 e. The van der Waals surface area contributed by atoms with E-state index in [1.807, 2.05) is 0 Å². The van der Waals surface area contributed by atoms with E-state index in [0.717, 1.165) is 0 Å². The van der Waals surface area contributed by atoms with E-state index in [4.69, 9.17) is 12.6 Å². The lowest BCUT2D eigenvalue weighted by molar-refractivity contribution is -1.73. The van der Waals surface area contributed by atoms with Crippen molar-refractivity contribution >= 4 is 28.5 Å². The summed E-state index contributed by atoms with van der Waals surface area (Å²) < 4.78 is 25.6. The smallest absolute Gasteiger partial charge is 0.216 e. The van der Waals surface area contributed by atoms with Crippen molar-refractivity contribution in [3.05, 3.63) is 121 Å². The third-order valence-corrected chi connectivity index (χ3v) is 8.86. The second-order valence-corrected chi connectivity index (χ2v) is 10.4.